The van der Waals surface area contributed by atoms with Crippen LogP contribution in [0.3, 0.4) is 0 Å². The molecule has 3 heterocycles. The normalized spacial score (nSPS) is 23.0. The molecule has 1 amide bonds. The average Bonchev–Trinajstić information content (AvgIpc) is 2.91. The summed E-state index contributed by atoms with van der Waals surface area (Å²) in [5.74, 6) is 0.843. The van der Waals surface area contributed by atoms with Gasteiger partial charge in [-0.05, 0) is 43.7 Å². The van der Waals surface area contributed by atoms with E-state index in [1.165, 1.54) is 12.8 Å². The highest BCUT2D eigenvalue weighted by Gasteiger charge is 2.33. The minimum absolute atomic E-state index is 0.244. The second-order valence-electron chi connectivity index (χ2n) is 7.42. The molecule has 5 heteroatoms. The summed E-state index contributed by atoms with van der Waals surface area (Å²) in [6.07, 6.45) is 7.02. The summed E-state index contributed by atoms with van der Waals surface area (Å²) in [5, 5.41) is 0. The molecule has 0 radical (unpaired) electrons. The highest BCUT2D eigenvalue weighted by molar-refractivity contribution is 5.74. The zero-order valence-electron chi connectivity index (χ0n) is 15.0. The molecule has 1 atom stereocenters. The first-order chi connectivity index (χ1) is 12.2. The molecule has 1 aromatic carbocycles. The first kappa shape index (κ1) is 16.4. The van der Waals surface area contributed by atoms with E-state index in [1.807, 2.05) is 24.3 Å². The maximum Gasteiger partial charge on any atom is 0.298 e. The van der Waals surface area contributed by atoms with Crippen molar-refractivity contribution in [2.24, 2.45) is 5.92 Å². The van der Waals surface area contributed by atoms with Crippen molar-refractivity contribution in [1.29, 1.82) is 0 Å². The molecule has 5 nitrogen and oxygen atoms in total. The number of nitrogens with zero attached hydrogens (tertiary/aromatic N) is 3. The molecule has 0 unspecified atom stereocenters. The Morgan fingerprint density at radius 2 is 1.88 bits per heavy atom. The Labute approximate surface area is 149 Å². The van der Waals surface area contributed by atoms with Crippen molar-refractivity contribution < 1.29 is 9.21 Å². The van der Waals surface area contributed by atoms with Crippen molar-refractivity contribution in [1.82, 2.24) is 9.88 Å². The third-order valence-electron chi connectivity index (χ3n) is 5.84. The van der Waals surface area contributed by atoms with E-state index in [2.05, 4.69) is 14.8 Å². The summed E-state index contributed by atoms with van der Waals surface area (Å²) in [6.45, 7) is 4.58. The van der Waals surface area contributed by atoms with Crippen LogP contribution < -0.4 is 4.90 Å². The lowest BCUT2D eigenvalue weighted by molar-refractivity contribution is -0.132. The Hall–Kier alpha value is -2.04. The molecule has 0 spiro atoms. The zero-order valence-corrected chi connectivity index (χ0v) is 15.0. The third kappa shape index (κ3) is 3.37. The molecule has 0 bridgehead atoms. The number of fused-ring (bicyclic) bond motifs is 1. The first-order valence-electron chi connectivity index (χ1n) is 9.60. The van der Waals surface area contributed by atoms with Crippen LogP contribution in [0.5, 0.6) is 0 Å². The molecule has 0 aliphatic carbocycles. The summed E-state index contributed by atoms with van der Waals surface area (Å²) in [7, 11) is 0. The lowest BCUT2D eigenvalue weighted by Gasteiger charge is -2.40. The molecule has 0 saturated carbocycles. The second kappa shape index (κ2) is 7.06. The van der Waals surface area contributed by atoms with Gasteiger partial charge in [0, 0.05) is 32.6 Å². The van der Waals surface area contributed by atoms with E-state index in [1.54, 1.807) is 6.92 Å². The summed E-state index contributed by atoms with van der Waals surface area (Å²) >= 11 is 0. The maximum absolute atomic E-state index is 12.1. The number of amides is 1. The quantitative estimate of drug-likeness (QED) is 0.833. The van der Waals surface area contributed by atoms with Crippen LogP contribution in [0, 0.1) is 5.92 Å². The lowest BCUT2D eigenvalue weighted by Crippen LogP contribution is -2.47. The number of piperidine rings is 1. The van der Waals surface area contributed by atoms with Gasteiger partial charge in [-0.15, -0.1) is 0 Å². The van der Waals surface area contributed by atoms with Gasteiger partial charge in [0.05, 0.1) is 0 Å². The van der Waals surface area contributed by atoms with E-state index in [4.69, 9.17) is 4.42 Å². The fraction of sp³-hybridized carbons (Fsp3) is 0.600. The number of aromatic nitrogens is 1. The monoisotopic (exact) mass is 341 g/mol. The standard InChI is InChI=1S/C20H27N3O2/c1-15(24)23-12-6-2-3-8-18(23)16-10-13-22(14-11-16)20-21-17-7-4-5-9-19(17)25-20/h4-5,7,9,16,18H,2-3,6,8,10-14H2,1H3/t18-/m1/s1. The van der Waals surface area contributed by atoms with E-state index in [0.29, 0.717) is 12.0 Å². The Balaban J connectivity index is 1.44. The van der Waals surface area contributed by atoms with E-state index >= 15 is 0 Å². The molecule has 134 valence electrons. The number of para-hydroxylation sites is 2. The number of hydrogen-bond acceptors (Lipinski definition) is 4. The molecule has 2 aromatic rings. The van der Waals surface area contributed by atoms with Crippen LogP contribution in [0.2, 0.25) is 0 Å². The maximum atomic E-state index is 12.1. The predicted molar refractivity (Wildman–Crippen MR) is 98.6 cm³/mol. The van der Waals surface area contributed by atoms with Gasteiger partial charge in [0.2, 0.25) is 5.91 Å². The van der Waals surface area contributed by atoms with Crippen molar-refractivity contribution in [3.8, 4) is 0 Å². The van der Waals surface area contributed by atoms with Gasteiger partial charge in [0.15, 0.2) is 5.58 Å². The van der Waals surface area contributed by atoms with Gasteiger partial charge < -0.3 is 14.2 Å². The number of oxazole rings is 1. The fourth-order valence-corrected chi connectivity index (χ4v) is 4.49. The van der Waals surface area contributed by atoms with Crippen LogP contribution in [0.1, 0.15) is 45.4 Å². The van der Waals surface area contributed by atoms with E-state index < -0.39 is 0 Å². The summed E-state index contributed by atoms with van der Waals surface area (Å²) < 4.78 is 5.92. The van der Waals surface area contributed by atoms with Crippen molar-refractivity contribution in [2.45, 2.75) is 51.5 Å². The molecule has 2 fully saturated rings. The van der Waals surface area contributed by atoms with Gasteiger partial charge in [-0.2, -0.15) is 4.98 Å². The van der Waals surface area contributed by atoms with Gasteiger partial charge in [-0.3, -0.25) is 4.79 Å². The molecule has 1 aromatic heterocycles. The Morgan fingerprint density at radius 1 is 1.08 bits per heavy atom. The minimum Gasteiger partial charge on any atom is -0.423 e. The Morgan fingerprint density at radius 3 is 2.64 bits per heavy atom. The van der Waals surface area contributed by atoms with Gasteiger partial charge >= 0.3 is 0 Å². The number of benzene rings is 1. The molecule has 25 heavy (non-hydrogen) atoms. The van der Waals surface area contributed by atoms with Crippen LogP contribution in [0.4, 0.5) is 6.01 Å². The van der Waals surface area contributed by atoms with Crippen molar-refractivity contribution >= 4 is 23.0 Å². The largest absolute Gasteiger partial charge is 0.423 e. The van der Waals surface area contributed by atoms with Gasteiger partial charge in [-0.1, -0.05) is 25.0 Å². The number of carbonyl (C=O) groups is 1. The number of rotatable bonds is 2. The van der Waals surface area contributed by atoms with Crippen LogP contribution in [0.25, 0.3) is 11.1 Å². The van der Waals surface area contributed by atoms with Gasteiger partial charge in [0.25, 0.3) is 6.01 Å². The van der Waals surface area contributed by atoms with Crippen LogP contribution in [-0.4, -0.2) is 41.5 Å². The molecule has 2 aliphatic heterocycles. The topological polar surface area (TPSA) is 49.6 Å². The summed E-state index contributed by atoms with van der Waals surface area (Å²) in [6, 6.07) is 9.09. The highest BCUT2D eigenvalue weighted by Crippen LogP contribution is 2.32. The van der Waals surface area contributed by atoms with E-state index in [9.17, 15) is 4.79 Å². The van der Waals surface area contributed by atoms with Crippen LogP contribution in [-0.2, 0) is 4.79 Å². The Kier molecular flexibility index (Phi) is 4.64. The van der Waals surface area contributed by atoms with Crippen molar-refractivity contribution in [2.75, 3.05) is 24.5 Å². The molecular weight excluding hydrogens is 314 g/mol. The van der Waals surface area contributed by atoms with Gasteiger partial charge in [0.1, 0.15) is 5.52 Å². The van der Waals surface area contributed by atoms with E-state index in [0.717, 1.165) is 62.4 Å². The van der Waals surface area contributed by atoms with Gasteiger partial charge in [-0.25, -0.2) is 0 Å². The Bertz CT molecular complexity index is 700. The first-order valence-corrected chi connectivity index (χ1v) is 9.60. The molecule has 0 N–H and O–H groups in total. The zero-order chi connectivity index (χ0) is 17.2. The van der Waals surface area contributed by atoms with Crippen LogP contribution in [0.15, 0.2) is 28.7 Å². The van der Waals surface area contributed by atoms with Crippen LogP contribution >= 0.6 is 0 Å². The predicted octanol–water partition coefficient (Wildman–Crippen LogP) is 3.84. The molecule has 2 saturated heterocycles. The summed E-state index contributed by atoms with van der Waals surface area (Å²) in [4.78, 5) is 21.1. The average molecular weight is 341 g/mol. The SMILES string of the molecule is CC(=O)N1CCCCC[C@@H]1C1CCN(c2nc3ccccc3o2)CC1. The number of likely N-dealkylation sites (tertiary alicyclic amines) is 1. The van der Waals surface area contributed by atoms with Crippen molar-refractivity contribution in [3.63, 3.8) is 0 Å². The van der Waals surface area contributed by atoms with Crippen molar-refractivity contribution in [3.05, 3.63) is 24.3 Å². The number of hydrogen-bond donors (Lipinski definition) is 0. The second-order valence-corrected chi connectivity index (χ2v) is 7.42. The minimum atomic E-state index is 0.244. The molecule has 2 aliphatic rings. The highest BCUT2D eigenvalue weighted by atomic mass is 16.4. The lowest BCUT2D eigenvalue weighted by atomic mass is 9.86. The number of carbonyl (C=O) groups excluding carboxylic acids is 1. The fourth-order valence-electron chi connectivity index (χ4n) is 4.49. The number of anilines is 1. The summed E-state index contributed by atoms with van der Waals surface area (Å²) in [5.41, 5.74) is 1.78. The third-order valence-corrected chi connectivity index (χ3v) is 5.84. The molecular formula is C20H27N3O2. The molecule has 4 rings (SSSR count). The smallest absolute Gasteiger partial charge is 0.298 e. The van der Waals surface area contributed by atoms with E-state index in [-0.39, 0.29) is 5.91 Å².